The lowest BCUT2D eigenvalue weighted by Crippen LogP contribution is -2.20. The van der Waals surface area contributed by atoms with Gasteiger partial charge in [-0.25, -0.2) is 4.39 Å². The lowest BCUT2D eigenvalue weighted by atomic mass is 10.1. The van der Waals surface area contributed by atoms with Crippen LogP contribution in [0.2, 0.25) is 0 Å². The zero-order valence-electron chi connectivity index (χ0n) is 15.6. The molecule has 2 N–H and O–H groups in total. The number of benzene rings is 3. The molecule has 7 heteroatoms. The highest BCUT2D eigenvalue weighted by atomic mass is 19.1. The molecule has 0 aliphatic rings. The van der Waals surface area contributed by atoms with Gasteiger partial charge in [0.05, 0.1) is 10.9 Å². The third kappa shape index (κ3) is 4.15. The molecule has 0 aliphatic heterocycles. The number of phenolic OH excluding ortho intramolecular Hbond substituents is 1. The van der Waals surface area contributed by atoms with Gasteiger partial charge in [-0.05, 0) is 48.0 Å². The van der Waals surface area contributed by atoms with Gasteiger partial charge < -0.3 is 19.6 Å². The van der Waals surface area contributed by atoms with E-state index < -0.39 is 11.7 Å². The molecular weight excluding hydrogens is 389 g/mol. The Hall–Kier alpha value is -4.13. The van der Waals surface area contributed by atoms with Crippen molar-refractivity contribution in [2.45, 2.75) is 0 Å². The zero-order valence-corrected chi connectivity index (χ0v) is 15.6. The Bertz CT molecular complexity index is 1280. The lowest BCUT2D eigenvalue weighted by molar-refractivity contribution is -0.118. The van der Waals surface area contributed by atoms with Crippen LogP contribution in [0.15, 0.2) is 82.2 Å². The van der Waals surface area contributed by atoms with E-state index in [4.69, 9.17) is 9.15 Å². The first-order chi connectivity index (χ1) is 14.5. The van der Waals surface area contributed by atoms with Gasteiger partial charge in [0.15, 0.2) is 12.0 Å². The van der Waals surface area contributed by atoms with E-state index >= 15 is 0 Å². The first kappa shape index (κ1) is 19.2. The number of hydrogen-bond acceptors (Lipinski definition) is 5. The van der Waals surface area contributed by atoms with Crippen LogP contribution in [0.25, 0.3) is 22.1 Å². The van der Waals surface area contributed by atoms with E-state index in [1.54, 1.807) is 30.3 Å². The second kappa shape index (κ2) is 8.08. The molecule has 0 radical (unpaired) electrons. The van der Waals surface area contributed by atoms with Crippen LogP contribution < -0.4 is 15.5 Å². The van der Waals surface area contributed by atoms with Crippen LogP contribution in [0.1, 0.15) is 0 Å². The Morgan fingerprint density at radius 1 is 1.07 bits per heavy atom. The fourth-order valence-corrected chi connectivity index (χ4v) is 2.95. The van der Waals surface area contributed by atoms with Crippen LogP contribution >= 0.6 is 0 Å². The molecule has 0 saturated heterocycles. The summed E-state index contributed by atoms with van der Waals surface area (Å²) in [5.74, 6) is -0.459. The van der Waals surface area contributed by atoms with Gasteiger partial charge in [-0.3, -0.25) is 9.59 Å². The maximum Gasteiger partial charge on any atom is 0.262 e. The van der Waals surface area contributed by atoms with Crippen molar-refractivity contribution in [2.75, 3.05) is 11.9 Å². The molecule has 1 amide bonds. The van der Waals surface area contributed by atoms with E-state index in [1.165, 1.54) is 42.7 Å². The van der Waals surface area contributed by atoms with Crippen molar-refractivity contribution < 1.29 is 23.4 Å². The van der Waals surface area contributed by atoms with E-state index in [-0.39, 0.29) is 17.8 Å². The highest BCUT2D eigenvalue weighted by Crippen LogP contribution is 2.24. The van der Waals surface area contributed by atoms with Crippen LogP contribution in [0.4, 0.5) is 10.1 Å². The third-order valence-electron chi connectivity index (χ3n) is 4.40. The number of hydrogen-bond donors (Lipinski definition) is 2. The number of anilines is 1. The summed E-state index contributed by atoms with van der Waals surface area (Å²) < 4.78 is 24.2. The summed E-state index contributed by atoms with van der Waals surface area (Å²) in [5, 5.41) is 12.3. The summed E-state index contributed by atoms with van der Waals surface area (Å²) in [7, 11) is 0. The largest absolute Gasteiger partial charge is 0.508 e. The molecule has 150 valence electrons. The minimum atomic E-state index is -0.454. The average molecular weight is 405 g/mol. The fraction of sp³-hybridized carbons (Fsp3) is 0.0435. The van der Waals surface area contributed by atoms with Gasteiger partial charge in [-0.2, -0.15) is 0 Å². The van der Waals surface area contributed by atoms with E-state index in [0.717, 1.165) is 0 Å². The topological polar surface area (TPSA) is 88.8 Å². The summed E-state index contributed by atoms with van der Waals surface area (Å²) in [6.45, 7) is -0.294. The Balaban J connectivity index is 1.49. The van der Waals surface area contributed by atoms with Gasteiger partial charge in [0.25, 0.3) is 5.91 Å². The highest BCUT2D eigenvalue weighted by molar-refractivity contribution is 5.92. The maximum atomic E-state index is 13.2. The average Bonchev–Trinajstić information content (AvgIpc) is 2.73. The molecular formula is C23H16FNO5. The monoisotopic (exact) mass is 405 g/mol. The zero-order chi connectivity index (χ0) is 21.1. The van der Waals surface area contributed by atoms with Crippen molar-refractivity contribution in [1.82, 2.24) is 0 Å². The number of amides is 1. The summed E-state index contributed by atoms with van der Waals surface area (Å²) in [6, 6.07) is 16.4. The van der Waals surface area contributed by atoms with Crippen LogP contribution in [0, 0.1) is 5.82 Å². The second-order valence-corrected chi connectivity index (χ2v) is 6.53. The van der Waals surface area contributed by atoms with Crippen LogP contribution in [0.3, 0.4) is 0 Å². The van der Waals surface area contributed by atoms with E-state index in [0.29, 0.717) is 33.5 Å². The number of halogens is 1. The van der Waals surface area contributed by atoms with E-state index in [1.807, 2.05) is 0 Å². The molecule has 0 fully saturated rings. The molecule has 4 rings (SSSR count). The second-order valence-electron chi connectivity index (χ2n) is 6.53. The van der Waals surface area contributed by atoms with Gasteiger partial charge in [0.1, 0.15) is 29.2 Å². The van der Waals surface area contributed by atoms with Gasteiger partial charge in [-0.1, -0.05) is 18.2 Å². The minimum absolute atomic E-state index is 0.104. The number of ether oxygens (including phenoxy) is 1. The Labute approximate surface area is 170 Å². The van der Waals surface area contributed by atoms with Gasteiger partial charge >= 0.3 is 0 Å². The molecule has 6 nitrogen and oxygen atoms in total. The quantitative estimate of drug-likeness (QED) is 0.516. The van der Waals surface area contributed by atoms with Crippen molar-refractivity contribution in [2.24, 2.45) is 0 Å². The molecule has 0 atom stereocenters. The molecule has 3 aromatic carbocycles. The summed E-state index contributed by atoms with van der Waals surface area (Å²) >= 11 is 0. The van der Waals surface area contributed by atoms with Crippen molar-refractivity contribution >= 4 is 22.6 Å². The van der Waals surface area contributed by atoms with Crippen LogP contribution in [0.5, 0.6) is 11.5 Å². The molecule has 30 heavy (non-hydrogen) atoms. The molecule has 0 spiro atoms. The molecule has 1 heterocycles. The van der Waals surface area contributed by atoms with Crippen LogP contribution in [-0.4, -0.2) is 17.6 Å². The highest BCUT2D eigenvalue weighted by Gasteiger charge is 2.11. The number of carbonyl (C=O) groups is 1. The predicted octanol–water partition coefficient (Wildman–Crippen LogP) is 4.32. The van der Waals surface area contributed by atoms with Crippen LogP contribution in [-0.2, 0) is 4.79 Å². The summed E-state index contributed by atoms with van der Waals surface area (Å²) in [4.78, 5) is 24.8. The van der Waals surface area contributed by atoms with E-state index in [2.05, 4.69) is 5.32 Å². The smallest absolute Gasteiger partial charge is 0.262 e. The van der Waals surface area contributed by atoms with Crippen molar-refractivity contribution in [3.8, 4) is 22.6 Å². The number of fused-ring (bicyclic) bond motifs is 1. The van der Waals surface area contributed by atoms with Crippen molar-refractivity contribution in [3.63, 3.8) is 0 Å². The molecule has 4 aromatic rings. The minimum Gasteiger partial charge on any atom is -0.508 e. The van der Waals surface area contributed by atoms with Crippen molar-refractivity contribution in [1.29, 1.82) is 0 Å². The Morgan fingerprint density at radius 2 is 1.87 bits per heavy atom. The molecule has 1 aromatic heterocycles. The molecule has 0 saturated carbocycles. The molecule has 0 unspecified atom stereocenters. The predicted molar refractivity (Wildman–Crippen MR) is 110 cm³/mol. The number of rotatable bonds is 5. The number of phenols is 1. The first-order valence-corrected chi connectivity index (χ1v) is 9.03. The summed E-state index contributed by atoms with van der Waals surface area (Å²) in [5.41, 5.74) is 1.40. The van der Waals surface area contributed by atoms with Crippen molar-refractivity contribution in [3.05, 3.63) is 89.0 Å². The number of nitrogens with one attached hydrogen (secondary N) is 1. The normalized spacial score (nSPS) is 10.7. The van der Waals surface area contributed by atoms with Gasteiger partial charge in [-0.15, -0.1) is 0 Å². The van der Waals surface area contributed by atoms with Gasteiger partial charge in [0, 0.05) is 11.8 Å². The van der Waals surface area contributed by atoms with Gasteiger partial charge in [0.2, 0.25) is 0 Å². The standard InChI is InChI=1S/C23H16FNO5/c24-15-2-1-3-16(10-15)25-22(27)13-29-18-8-9-19-21(11-18)30-12-20(23(19)28)14-4-6-17(26)7-5-14/h1-12,26H,13H2,(H,25,27). The van der Waals surface area contributed by atoms with E-state index in [9.17, 15) is 19.1 Å². The number of aromatic hydroxyl groups is 1. The SMILES string of the molecule is O=C(COc1ccc2c(=O)c(-c3ccc(O)cc3)coc2c1)Nc1cccc(F)c1. The lowest BCUT2D eigenvalue weighted by Gasteiger charge is -2.08. The Kier molecular flexibility index (Phi) is 5.17. The number of carbonyl (C=O) groups excluding carboxylic acids is 1. The Morgan fingerprint density at radius 3 is 2.63 bits per heavy atom. The molecule has 0 bridgehead atoms. The summed E-state index contributed by atoms with van der Waals surface area (Å²) in [6.07, 6.45) is 1.34. The fourth-order valence-electron chi connectivity index (χ4n) is 2.95. The first-order valence-electron chi connectivity index (χ1n) is 9.03. The third-order valence-corrected chi connectivity index (χ3v) is 4.40. The molecule has 0 aliphatic carbocycles. The maximum absolute atomic E-state index is 13.2.